The van der Waals surface area contributed by atoms with Gasteiger partial charge in [-0.15, -0.1) is 143 Å². The third-order valence-corrected chi connectivity index (χ3v) is 27.0. The third kappa shape index (κ3) is 17.1. The van der Waals surface area contributed by atoms with Gasteiger partial charge in [0.1, 0.15) is 0 Å². The smallest absolute Gasteiger partial charge is 0.367 e. The summed E-state index contributed by atoms with van der Waals surface area (Å²) >= 11 is 0. The van der Waals surface area contributed by atoms with E-state index >= 15 is 0 Å². The van der Waals surface area contributed by atoms with Gasteiger partial charge >= 0.3 is 63.2 Å². The van der Waals surface area contributed by atoms with Crippen LogP contribution in [-0.4, -0.2) is 57.3 Å². The number of para-hydroxylation sites is 9. The Kier molecular flexibility index (Phi) is 25.5. The van der Waals surface area contributed by atoms with Crippen LogP contribution in [0.5, 0.6) is 0 Å². The molecule has 9 heterocycles. The summed E-state index contributed by atoms with van der Waals surface area (Å²) in [5.74, 6) is 2.65. The number of benzene rings is 18. The first-order chi connectivity index (χ1) is 69.7. The standard InChI is InChI=1S/3C43H28N4.3Pt/c1-46-41-17-8-6-15-39(41)45-43(46)32-22-24-36-35-13-5-7-16-40(35)47(42(36)27-32)33-23-25-34(37(28-33)38-14-9-10-26-44-38)31-20-18-30(19-21-31)29-11-3-2-4-12-29;1-46-40-17-8-6-15-38(40)45-43(46)33-23-25-36-35-13-5-7-16-39(35)47(42(36)28-33)41-27-32(37-14-9-10-26-44-37)22-24-34(41)31-20-18-30(19-21-31)29-11-3-2-4-12-29;1-46-41-17-8-6-15-39(41)45-43(46)32-22-23-37-36-13-5-7-16-40(36)47(42(37)28-32)35-26-33(25-34(27-35)38-14-9-10-24-44-38)31-20-18-30(19-21-31)29-11-3-2-4-12-29;;;/h3*2-26H,1H3;;;/q3*-2;3*+2. The fourth-order valence-corrected chi connectivity index (χ4v) is 20.0. The number of aromatic nitrogens is 12. The molecule has 27 aromatic rings. The topological polar surface area (TPSA) is 107 Å². The van der Waals surface area contributed by atoms with E-state index in [0.717, 1.165) is 206 Å². The van der Waals surface area contributed by atoms with Crippen LogP contribution < -0.4 is 0 Å². The van der Waals surface area contributed by atoms with Crippen molar-refractivity contribution < 1.29 is 63.2 Å². The van der Waals surface area contributed by atoms with Crippen molar-refractivity contribution in [3.05, 3.63) is 492 Å². The molecule has 0 unspecified atom stereocenters. The van der Waals surface area contributed by atoms with Gasteiger partial charge in [0.05, 0.1) is 50.6 Å². The molecule has 9 aromatic heterocycles. The predicted molar refractivity (Wildman–Crippen MR) is 577 cm³/mol. The molecule has 15 heteroatoms. The van der Waals surface area contributed by atoms with Crippen LogP contribution in [0, 0.1) is 36.4 Å². The molecule has 0 saturated carbocycles. The molecule has 0 N–H and O–H groups in total. The Balaban J connectivity index is 0.000000122. The zero-order chi connectivity index (χ0) is 94.0. The van der Waals surface area contributed by atoms with E-state index in [1.807, 2.05) is 104 Å². The van der Waals surface area contributed by atoms with E-state index < -0.39 is 0 Å². The van der Waals surface area contributed by atoms with Gasteiger partial charge < -0.3 is 42.4 Å². The van der Waals surface area contributed by atoms with Crippen molar-refractivity contribution in [3.63, 3.8) is 0 Å². The minimum Gasteiger partial charge on any atom is -0.367 e. The SMILES string of the molecule is Cn1c(-c2[c-]c3c(cc2)c2ccccc2n3-c2[c-]c(-c3ccccn3)c(-c3ccc(-c4ccccc4)cc3)cc2)nc2ccccc21.Cn1c(-c2[c-]c3c(cc2)c2ccccc2n3-c2[c-]c(-c3ccccn3)cc(-c3ccc(-c4ccccc4)cc3)c2)nc2ccccc21.Cn1c(-c2[c-]c3c(cc2)c2ccccc2n3-c2[c-]c(-c3ccccn3)ccc2-c2ccc(-c3ccccc3)cc2)nc2ccccc21.[Pt+2].[Pt+2].[Pt+2]. The summed E-state index contributed by atoms with van der Waals surface area (Å²) in [5, 5.41) is 6.90. The fourth-order valence-electron chi connectivity index (χ4n) is 20.0. The van der Waals surface area contributed by atoms with E-state index in [9.17, 15) is 0 Å². The van der Waals surface area contributed by atoms with Gasteiger partial charge in [-0.2, -0.15) is 0 Å². The van der Waals surface area contributed by atoms with Gasteiger partial charge in [-0.1, -0.05) is 335 Å². The summed E-state index contributed by atoms with van der Waals surface area (Å²) in [5.41, 5.74) is 37.3. The molecular formula is C129H84N12Pt3. The van der Waals surface area contributed by atoms with Crippen LogP contribution in [0.3, 0.4) is 0 Å². The van der Waals surface area contributed by atoms with Gasteiger partial charge in [0.2, 0.25) is 0 Å². The first-order valence-corrected chi connectivity index (χ1v) is 47.2. The van der Waals surface area contributed by atoms with Crippen molar-refractivity contribution in [2.75, 3.05) is 0 Å². The van der Waals surface area contributed by atoms with Crippen molar-refractivity contribution >= 4 is 98.5 Å². The monoisotopic (exact) mass is 2390 g/mol. The second kappa shape index (κ2) is 39.8. The molecule has 144 heavy (non-hydrogen) atoms. The van der Waals surface area contributed by atoms with E-state index in [1.54, 1.807) is 0 Å². The summed E-state index contributed by atoms with van der Waals surface area (Å²) in [6.45, 7) is 0. The second-order valence-corrected chi connectivity index (χ2v) is 35.3. The minimum absolute atomic E-state index is 0. The van der Waals surface area contributed by atoms with Crippen molar-refractivity contribution in [1.29, 1.82) is 0 Å². The maximum Gasteiger partial charge on any atom is 2.00 e. The number of hydrogen-bond donors (Lipinski definition) is 0. The van der Waals surface area contributed by atoms with Crippen LogP contribution in [-0.2, 0) is 84.3 Å². The van der Waals surface area contributed by atoms with Crippen molar-refractivity contribution in [1.82, 2.24) is 57.3 Å². The predicted octanol–water partition coefficient (Wildman–Crippen LogP) is 31.0. The molecule has 18 aromatic carbocycles. The third-order valence-electron chi connectivity index (χ3n) is 27.0. The summed E-state index contributed by atoms with van der Waals surface area (Å²) < 4.78 is 13.3. The molecule has 0 saturated heterocycles. The van der Waals surface area contributed by atoms with Crippen molar-refractivity contribution in [2.24, 2.45) is 21.1 Å². The van der Waals surface area contributed by atoms with Gasteiger partial charge in [-0.25, -0.2) is 0 Å². The Hall–Kier alpha value is -16.7. The maximum atomic E-state index is 5.00. The molecular weight excluding hydrogens is 2300 g/mol. The first kappa shape index (κ1) is 92.3. The summed E-state index contributed by atoms with van der Waals surface area (Å²) in [6.07, 6.45) is 5.51. The number of imidazole rings is 3. The molecule has 0 bridgehead atoms. The average molecular weight is 2390 g/mol. The average Bonchev–Trinajstić information content (AvgIpc) is 1.58. The number of hydrogen-bond acceptors (Lipinski definition) is 6. The van der Waals surface area contributed by atoms with Gasteiger partial charge in [0, 0.05) is 56.3 Å². The van der Waals surface area contributed by atoms with Crippen molar-refractivity contribution in [3.8, 4) is 152 Å². The largest absolute Gasteiger partial charge is 2.00 e. The van der Waals surface area contributed by atoms with Crippen LogP contribution in [0.15, 0.2) is 455 Å². The Morgan fingerprint density at radius 1 is 0.201 bits per heavy atom. The first-order valence-electron chi connectivity index (χ1n) is 47.2. The van der Waals surface area contributed by atoms with E-state index in [4.69, 9.17) is 24.9 Å². The van der Waals surface area contributed by atoms with E-state index in [2.05, 4.69) is 442 Å². The van der Waals surface area contributed by atoms with Gasteiger partial charge in [0.15, 0.2) is 0 Å². The second-order valence-electron chi connectivity index (χ2n) is 35.3. The number of nitrogens with zero attached hydrogens (tertiary/aromatic N) is 12. The van der Waals surface area contributed by atoms with E-state index in [1.165, 1.54) is 44.2 Å². The fraction of sp³-hybridized carbons (Fsp3) is 0.0233. The molecule has 0 aliphatic carbocycles. The van der Waals surface area contributed by atoms with Crippen molar-refractivity contribution in [2.45, 2.75) is 0 Å². The van der Waals surface area contributed by atoms with Crippen LogP contribution in [0.2, 0.25) is 0 Å². The maximum absolute atomic E-state index is 5.00. The van der Waals surface area contributed by atoms with Gasteiger partial charge in [0.25, 0.3) is 0 Å². The number of fused-ring (bicyclic) bond motifs is 12. The molecule has 0 radical (unpaired) electrons. The molecule has 0 spiro atoms. The number of rotatable bonds is 15. The normalized spacial score (nSPS) is 11.3. The zero-order valence-electron chi connectivity index (χ0n) is 78.1. The molecule has 0 fully saturated rings. The molecule has 12 nitrogen and oxygen atoms in total. The Labute approximate surface area is 876 Å². The molecule has 0 aliphatic heterocycles. The Morgan fingerprint density at radius 3 is 0.931 bits per heavy atom. The number of pyridine rings is 3. The Bertz CT molecular complexity index is 9430. The molecule has 0 atom stereocenters. The molecule has 27 rings (SSSR count). The summed E-state index contributed by atoms with van der Waals surface area (Å²) in [4.78, 5) is 29.1. The van der Waals surface area contributed by atoms with Gasteiger partial charge in [-0.3, -0.25) is 15.0 Å². The van der Waals surface area contributed by atoms with Gasteiger partial charge in [-0.05, 0) is 179 Å². The minimum atomic E-state index is 0. The van der Waals surface area contributed by atoms with E-state index in [0.29, 0.717) is 0 Å². The van der Waals surface area contributed by atoms with E-state index in [-0.39, 0.29) is 63.2 Å². The summed E-state index contributed by atoms with van der Waals surface area (Å²) in [7, 11) is 6.20. The number of aryl methyl sites for hydroxylation is 3. The van der Waals surface area contributed by atoms with Crippen LogP contribution in [0.25, 0.3) is 250 Å². The molecule has 690 valence electrons. The molecule has 0 amide bonds. The molecule has 0 aliphatic rings. The van der Waals surface area contributed by atoms with Crippen LogP contribution in [0.1, 0.15) is 0 Å². The summed E-state index contributed by atoms with van der Waals surface area (Å²) in [6, 6.07) is 175. The Morgan fingerprint density at radius 2 is 0.521 bits per heavy atom. The quantitative estimate of drug-likeness (QED) is 0.0947. The van der Waals surface area contributed by atoms with Crippen LogP contribution >= 0.6 is 0 Å². The zero-order valence-corrected chi connectivity index (χ0v) is 84.9. The van der Waals surface area contributed by atoms with Crippen LogP contribution in [0.4, 0.5) is 0 Å².